The van der Waals surface area contributed by atoms with Crippen molar-refractivity contribution in [3.63, 3.8) is 0 Å². The van der Waals surface area contributed by atoms with Gasteiger partial charge in [0.15, 0.2) is 10.8 Å². The number of aliphatic hydroxyl groups is 1. The Morgan fingerprint density at radius 2 is 2.04 bits per heavy atom. The molecule has 26 heavy (non-hydrogen) atoms. The second kappa shape index (κ2) is 8.46. The highest BCUT2D eigenvalue weighted by Gasteiger charge is 2.20. The maximum absolute atomic E-state index is 13.3. The van der Waals surface area contributed by atoms with Gasteiger partial charge in [-0.2, -0.15) is 14.5 Å². The molecule has 0 fully saturated rings. The van der Waals surface area contributed by atoms with Crippen LogP contribution in [0.25, 0.3) is 0 Å². The minimum Gasteiger partial charge on any atom is -0.485 e. The zero-order valence-corrected chi connectivity index (χ0v) is 15.6. The topological polar surface area (TPSA) is 86.5 Å². The van der Waals surface area contributed by atoms with Gasteiger partial charge in [-0.25, -0.2) is 4.68 Å². The van der Waals surface area contributed by atoms with Crippen LogP contribution in [0.1, 0.15) is 32.8 Å². The Morgan fingerprint density at radius 3 is 2.69 bits per heavy atom. The predicted octanol–water partition coefficient (Wildman–Crippen LogP) is 2.53. The van der Waals surface area contributed by atoms with E-state index in [-0.39, 0.29) is 36.5 Å². The summed E-state index contributed by atoms with van der Waals surface area (Å²) in [5.41, 5.74) is -0.512. The van der Waals surface area contributed by atoms with Crippen LogP contribution in [0.3, 0.4) is 0 Å². The first-order valence-electron chi connectivity index (χ1n) is 8.04. The van der Waals surface area contributed by atoms with E-state index >= 15 is 0 Å². The van der Waals surface area contributed by atoms with Gasteiger partial charge in [-0.1, -0.05) is 11.6 Å². The number of pyridine rings is 1. The molecule has 0 bridgehead atoms. The normalized spacial score (nSPS) is 11.5. The van der Waals surface area contributed by atoms with E-state index in [4.69, 9.17) is 26.2 Å². The highest BCUT2D eigenvalue weighted by Crippen LogP contribution is 2.24. The number of aliphatic hydroxyl groups excluding tert-OH is 1. The van der Waals surface area contributed by atoms with E-state index in [1.54, 1.807) is 0 Å². The molecule has 2 aromatic heterocycles. The summed E-state index contributed by atoms with van der Waals surface area (Å²) in [6.07, 6.45) is 1.75. The van der Waals surface area contributed by atoms with Crippen LogP contribution in [0.2, 0.25) is 5.02 Å². The Morgan fingerprint density at radius 1 is 1.31 bits per heavy atom. The Kier molecular flexibility index (Phi) is 6.55. The first kappa shape index (κ1) is 20.1. The third-order valence-corrected chi connectivity index (χ3v) is 3.70. The van der Waals surface area contributed by atoms with Gasteiger partial charge in [-0.3, -0.25) is 4.79 Å². The minimum atomic E-state index is -0.694. The van der Waals surface area contributed by atoms with Crippen LogP contribution in [0.5, 0.6) is 11.6 Å². The fraction of sp³-hybridized carbons (Fsp3) is 0.471. The highest BCUT2D eigenvalue weighted by molar-refractivity contribution is 6.31. The van der Waals surface area contributed by atoms with E-state index in [0.29, 0.717) is 12.0 Å². The summed E-state index contributed by atoms with van der Waals surface area (Å²) in [5.74, 6) is -0.520. The van der Waals surface area contributed by atoms with Crippen molar-refractivity contribution in [1.29, 1.82) is 0 Å². The lowest BCUT2D eigenvalue weighted by molar-refractivity contribution is 0.221. The molecule has 0 radical (unpaired) electrons. The molecule has 7 nitrogen and oxygen atoms in total. The predicted molar refractivity (Wildman–Crippen MR) is 94.2 cm³/mol. The summed E-state index contributed by atoms with van der Waals surface area (Å²) >= 11 is 6.11. The molecule has 142 valence electrons. The Hall–Kier alpha value is -2.19. The number of nitrogens with zero attached hydrogens (tertiary/aromatic N) is 3. The molecule has 9 heteroatoms. The van der Waals surface area contributed by atoms with Crippen molar-refractivity contribution in [3.8, 4) is 11.6 Å². The molecule has 0 aliphatic rings. The van der Waals surface area contributed by atoms with Gasteiger partial charge in [0.05, 0.1) is 23.9 Å². The second-order valence-corrected chi connectivity index (χ2v) is 6.90. The highest BCUT2D eigenvalue weighted by atomic mass is 35.5. The Bertz CT molecular complexity index is 821. The molecular weight excluding hydrogens is 365 g/mol. The third-order valence-electron chi connectivity index (χ3n) is 3.35. The van der Waals surface area contributed by atoms with Gasteiger partial charge in [0.2, 0.25) is 11.8 Å². The molecule has 0 saturated carbocycles. The number of hydrogen-bond acceptors (Lipinski definition) is 6. The standard InChI is InChI=1S/C17H21ClFN3O4/c1-17(2,3)22-16(24)14(18)12(9-20-22)26-10-11-5-6-13(19)21-15(11)25-8-4-7-23/h5-6,9,23H,4,7-8,10H2,1-3H3. The zero-order valence-electron chi connectivity index (χ0n) is 14.8. The van der Waals surface area contributed by atoms with Gasteiger partial charge in [0.25, 0.3) is 5.56 Å². The molecule has 0 amide bonds. The van der Waals surface area contributed by atoms with Crippen molar-refractivity contribution < 1.29 is 19.0 Å². The summed E-state index contributed by atoms with van der Waals surface area (Å²) in [5, 5.41) is 12.8. The fourth-order valence-corrected chi connectivity index (χ4v) is 2.25. The van der Waals surface area contributed by atoms with E-state index in [1.165, 1.54) is 23.0 Å². The molecule has 2 heterocycles. The second-order valence-electron chi connectivity index (χ2n) is 6.52. The van der Waals surface area contributed by atoms with E-state index in [9.17, 15) is 9.18 Å². The number of hydrogen-bond donors (Lipinski definition) is 1. The first-order valence-corrected chi connectivity index (χ1v) is 8.42. The summed E-state index contributed by atoms with van der Waals surface area (Å²) in [6.45, 7) is 5.59. The molecule has 2 aromatic rings. The zero-order chi connectivity index (χ0) is 19.3. The van der Waals surface area contributed by atoms with Gasteiger partial charge in [0, 0.05) is 13.0 Å². The van der Waals surface area contributed by atoms with Gasteiger partial charge in [-0.05, 0) is 32.9 Å². The average molecular weight is 386 g/mol. The van der Waals surface area contributed by atoms with Crippen LogP contribution >= 0.6 is 11.6 Å². The summed E-state index contributed by atoms with van der Waals surface area (Å²) < 4.78 is 25.5. The molecule has 0 aliphatic carbocycles. The van der Waals surface area contributed by atoms with Gasteiger partial charge in [-0.15, -0.1) is 0 Å². The van der Waals surface area contributed by atoms with Crippen LogP contribution in [0.15, 0.2) is 23.1 Å². The van der Waals surface area contributed by atoms with E-state index in [0.717, 1.165) is 0 Å². The average Bonchev–Trinajstić information content (AvgIpc) is 2.56. The van der Waals surface area contributed by atoms with Gasteiger partial charge in [0.1, 0.15) is 6.61 Å². The van der Waals surface area contributed by atoms with Crippen molar-refractivity contribution in [2.75, 3.05) is 13.2 Å². The summed E-state index contributed by atoms with van der Waals surface area (Å²) in [4.78, 5) is 16.0. The Balaban J connectivity index is 2.19. The molecule has 0 spiro atoms. The van der Waals surface area contributed by atoms with Crippen LogP contribution in [-0.4, -0.2) is 33.1 Å². The third kappa shape index (κ3) is 4.92. The SMILES string of the molecule is CC(C)(C)n1ncc(OCc2ccc(F)nc2OCCCO)c(Cl)c1=O. The Labute approximate surface area is 155 Å². The fourth-order valence-electron chi connectivity index (χ4n) is 2.07. The van der Waals surface area contributed by atoms with Gasteiger partial charge < -0.3 is 14.6 Å². The largest absolute Gasteiger partial charge is 0.485 e. The molecule has 0 unspecified atom stereocenters. The maximum atomic E-state index is 13.3. The lowest BCUT2D eigenvalue weighted by Crippen LogP contribution is -2.36. The molecule has 0 saturated heterocycles. The van der Waals surface area contributed by atoms with E-state index in [2.05, 4.69) is 10.1 Å². The van der Waals surface area contributed by atoms with Crippen molar-refractivity contribution in [1.82, 2.24) is 14.8 Å². The van der Waals surface area contributed by atoms with Crippen molar-refractivity contribution in [2.45, 2.75) is 39.3 Å². The number of aromatic nitrogens is 3. The first-order chi connectivity index (χ1) is 12.2. The lowest BCUT2D eigenvalue weighted by atomic mass is 10.1. The smallest absolute Gasteiger partial charge is 0.289 e. The van der Waals surface area contributed by atoms with Gasteiger partial charge >= 0.3 is 0 Å². The van der Waals surface area contributed by atoms with E-state index < -0.39 is 17.0 Å². The lowest BCUT2D eigenvalue weighted by Gasteiger charge is -2.21. The summed E-state index contributed by atoms with van der Waals surface area (Å²) in [7, 11) is 0. The molecule has 2 rings (SSSR count). The molecule has 1 N–H and O–H groups in total. The monoisotopic (exact) mass is 385 g/mol. The molecule has 0 aromatic carbocycles. The van der Waals surface area contributed by atoms with Crippen LogP contribution < -0.4 is 15.0 Å². The van der Waals surface area contributed by atoms with E-state index in [1.807, 2.05) is 20.8 Å². The van der Waals surface area contributed by atoms with Crippen LogP contribution in [0.4, 0.5) is 4.39 Å². The van der Waals surface area contributed by atoms with Crippen LogP contribution in [-0.2, 0) is 12.1 Å². The minimum absolute atomic E-state index is 0.0396. The quantitative estimate of drug-likeness (QED) is 0.582. The number of halogens is 2. The molecular formula is C17H21ClFN3O4. The molecule has 0 aliphatic heterocycles. The summed E-state index contributed by atoms with van der Waals surface area (Å²) in [6, 6.07) is 2.64. The van der Waals surface area contributed by atoms with Crippen molar-refractivity contribution in [2.24, 2.45) is 0 Å². The van der Waals surface area contributed by atoms with Crippen molar-refractivity contribution >= 4 is 11.6 Å². The number of rotatable bonds is 7. The molecule has 0 atom stereocenters. The number of ether oxygens (including phenoxy) is 2. The van der Waals surface area contributed by atoms with Crippen molar-refractivity contribution in [3.05, 3.63) is 45.2 Å². The maximum Gasteiger partial charge on any atom is 0.289 e. The van der Waals surface area contributed by atoms with Crippen LogP contribution in [0, 0.1) is 5.95 Å².